The standard InChI is InChI=1S/C17H20ClNOS/c1-12-4-6-15(10-13(12)2)20-8-3-9-21-17-11-14(19)5-7-16(17)18/h4-7,10-11H,3,8-9,19H2,1-2H3. The summed E-state index contributed by atoms with van der Waals surface area (Å²) in [4.78, 5) is 1.03. The maximum Gasteiger partial charge on any atom is 0.119 e. The summed E-state index contributed by atoms with van der Waals surface area (Å²) in [6, 6.07) is 11.8. The quantitative estimate of drug-likeness (QED) is 0.456. The van der Waals surface area contributed by atoms with E-state index < -0.39 is 0 Å². The van der Waals surface area contributed by atoms with Gasteiger partial charge in [0.1, 0.15) is 5.75 Å². The summed E-state index contributed by atoms with van der Waals surface area (Å²) in [5, 5.41) is 0.754. The van der Waals surface area contributed by atoms with Crippen LogP contribution in [0.15, 0.2) is 41.3 Å². The van der Waals surface area contributed by atoms with E-state index in [2.05, 4.69) is 26.0 Å². The second-order valence-electron chi connectivity index (χ2n) is 4.99. The highest BCUT2D eigenvalue weighted by Gasteiger charge is 2.02. The van der Waals surface area contributed by atoms with Gasteiger partial charge >= 0.3 is 0 Å². The van der Waals surface area contributed by atoms with Crippen molar-refractivity contribution in [2.45, 2.75) is 25.2 Å². The summed E-state index contributed by atoms with van der Waals surface area (Å²) in [5.41, 5.74) is 9.05. The maximum atomic E-state index is 6.13. The Morgan fingerprint density at radius 1 is 1.10 bits per heavy atom. The third-order valence-electron chi connectivity index (χ3n) is 3.25. The predicted octanol–water partition coefficient (Wildman–Crippen LogP) is 5.10. The number of nitrogens with two attached hydrogens (primary N) is 1. The molecule has 0 radical (unpaired) electrons. The van der Waals surface area contributed by atoms with E-state index in [1.165, 1.54) is 11.1 Å². The number of anilines is 1. The van der Waals surface area contributed by atoms with E-state index in [1.807, 2.05) is 24.3 Å². The van der Waals surface area contributed by atoms with Crippen LogP contribution >= 0.6 is 23.4 Å². The zero-order chi connectivity index (χ0) is 15.2. The van der Waals surface area contributed by atoms with E-state index in [0.29, 0.717) is 6.61 Å². The lowest BCUT2D eigenvalue weighted by atomic mass is 10.1. The minimum absolute atomic E-state index is 0.704. The van der Waals surface area contributed by atoms with E-state index in [9.17, 15) is 0 Å². The summed E-state index contributed by atoms with van der Waals surface area (Å²) in [5.74, 6) is 1.89. The fourth-order valence-electron chi connectivity index (χ4n) is 1.87. The van der Waals surface area contributed by atoms with Gasteiger partial charge in [-0.2, -0.15) is 0 Å². The van der Waals surface area contributed by atoms with Gasteiger partial charge in [0.25, 0.3) is 0 Å². The fourth-order valence-corrected chi connectivity index (χ4v) is 3.05. The first-order valence-corrected chi connectivity index (χ1v) is 8.30. The van der Waals surface area contributed by atoms with Crippen LogP contribution < -0.4 is 10.5 Å². The van der Waals surface area contributed by atoms with Crippen LogP contribution in [-0.2, 0) is 0 Å². The number of nitrogen functional groups attached to an aromatic ring is 1. The highest BCUT2D eigenvalue weighted by molar-refractivity contribution is 7.99. The van der Waals surface area contributed by atoms with Crippen LogP contribution in [0.1, 0.15) is 17.5 Å². The largest absolute Gasteiger partial charge is 0.494 e. The molecule has 0 heterocycles. The van der Waals surface area contributed by atoms with Crippen LogP contribution in [0.4, 0.5) is 5.69 Å². The van der Waals surface area contributed by atoms with Gasteiger partial charge in [0.05, 0.1) is 11.6 Å². The van der Waals surface area contributed by atoms with E-state index in [4.69, 9.17) is 22.1 Å². The third-order valence-corrected chi connectivity index (χ3v) is 4.83. The molecule has 0 aliphatic heterocycles. The molecule has 0 saturated carbocycles. The number of ether oxygens (including phenoxy) is 1. The molecule has 0 aliphatic carbocycles. The molecule has 2 nitrogen and oxygen atoms in total. The second kappa shape index (κ2) is 7.62. The number of hydrogen-bond donors (Lipinski definition) is 1. The molecule has 0 atom stereocenters. The lowest BCUT2D eigenvalue weighted by molar-refractivity contribution is 0.318. The number of rotatable bonds is 6. The van der Waals surface area contributed by atoms with Crippen molar-refractivity contribution < 1.29 is 4.74 Å². The highest BCUT2D eigenvalue weighted by Crippen LogP contribution is 2.29. The average Bonchev–Trinajstić information content (AvgIpc) is 2.46. The predicted molar refractivity (Wildman–Crippen MR) is 92.6 cm³/mol. The van der Waals surface area contributed by atoms with Gasteiger partial charge in [0.2, 0.25) is 0 Å². The summed E-state index contributed by atoms with van der Waals surface area (Å²) in [7, 11) is 0. The first-order chi connectivity index (χ1) is 10.1. The Hall–Kier alpha value is -1.32. The SMILES string of the molecule is Cc1ccc(OCCCSc2cc(N)ccc2Cl)cc1C. The minimum atomic E-state index is 0.704. The van der Waals surface area contributed by atoms with Crippen molar-refractivity contribution in [3.63, 3.8) is 0 Å². The molecule has 0 spiro atoms. The van der Waals surface area contributed by atoms with Crippen molar-refractivity contribution >= 4 is 29.1 Å². The second-order valence-corrected chi connectivity index (χ2v) is 6.53. The lowest BCUT2D eigenvalue weighted by Gasteiger charge is -2.09. The minimum Gasteiger partial charge on any atom is -0.494 e. The number of thioether (sulfide) groups is 1. The van der Waals surface area contributed by atoms with Gasteiger partial charge in [0.15, 0.2) is 0 Å². The average molecular weight is 322 g/mol. The van der Waals surface area contributed by atoms with Crippen LogP contribution in [0.5, 0.6) is 5.75 Å². The van der Waals surface area contributed by atoms with Gasteiger partial charge in [0, 0.05) is 16.3 Å². The molecule has 4 heteroatoms. The molecule has 0 aliphatic rings. The summed E-state index contributed by atoms with van der Waals surface area (Å²) >= 11 is 7.84. The first kappa shape index (κ1) is 16.1. The summed E-state index contributed by atoms with van der Waals surface area (Å²) in [6.07, 6.45) is 0.961. The molecule has 21 heavy (non-hydrogen) atoms. The number of halogens is 1. The molecular formula is C17H20ClNOS. The fraction of sp³-hybridized carbons (Fsp3) is 0.294. The molecule has 0 saturated heterocycles. The Morgan fingerprint density at radius 2 is 1.90 bits per heavy atom. The molecular weight excluding hydrogens is 302 g/mol. The van der Waals surface area contributed by atoms with Crippen LogP contribution in [0.3, 0.4) is 0 Å². The molecule has 2 aromatic carbocycles. The first-order valence-electron chi connectivity index (χ1n) is 6.94. The van der Waals surface area contributed by atoms with Crippen molar-refractivity contribution in [3.05, 3.63) is 52.5 Å². The third kappa shape index (κ3) is 4.87. The van der Waals surface area contributed by atoms with Crippen molar-refractivity contribution in [1.82, 2.24) is 0 Å². The Balaban J connectivity index is 1.75. The van der Waals surface area contributed by atoms with Crippen LogP contribution in [0.25, 0.3) is 0 Å². The molecule has 2 rings (SSSR count). The monoisotopic (exact) mass is 321 g/mol. The van der Waals surface area contributed by atoms with Gasteiger partial charge in [-0.3, -0.25) is 0 Å². The van der Waals surface area contributed by atoms with Crippen LogP contribution in [0.2, 0.25) is 5.02 Å². The van der Waals surface area contributed by atoms with Gasteiger partial charge in [-0.1, -0.05) is 17.7 Å². The molecule has 112 valence electrons. The van der Waals surface area contributed by atoms with Gasteiger partial charge in [-0.25, -0.2) is 0 Å². The van der Waals surface area contributed by atoms with Crippen molar-refractivity contribution in [2.75, 3.05) is 18.1 Å². The van der Waals surface area contributed by atoms with Gasteiger partial charge in [-0.15, -0.1) is 11.8 Å². The van der Waals surface area contributed by atoms with E-state index in [-0.39, 0.29) is 0 Å². The van der Waals surface area contributed by atoms with Gasteiger partial charge in [-0.05, 0) is 61.7 Å². The molecule has 2 N–H and O–H groups in total. The Morgan fingerprint density at radius 3 is 2.67 bits per heavy atom. The van der Waals surface area contributed by atoms with E-state index in [1.54, 1.807) is 11.8 Å². The number of aryl methyl sites for hydroxylation is 2. The Labute approximate surface area is 135 Å². The van der Waals surface area contributed by atoms with Crippen LogP contribution in [-0.4, -0.2) is 12.4 Å². The topological polar surface area (TPSA) is 35.2 Å². The number of hydrogen-bond acceptors (Lipinski definition) is 3. The van der Waals surface area contributed by atoms with E-state index >= 15 is 0 Å². The van der Waals surface area contributed by atoms with Crippen molar-refractivity contribution in [1.29, 1.82) is 0 Å². The Kier molecular flexibility index (Phi) is 5.83. The zero-order valence-corrected chi connectivity index (χ0v) is 13.9. The molecule has 0 unspecified atom stereocenters. The summed E-state index contributed by atoms with van der Waals surface area (Å²) < 4.78 is 5.76. The molecule has 2 aromatic rings. The maximum absolute atomic E-state index is 6.13. The summed E-state index contributed by atoms with van der Waals surface area (Å²) in [6.45, 7) is 4.90. The molecule has 0 bridgehead atoms. The van der Waals surface area contributed by atoms with E-state index in [0.717, 1.165) is 33.5 Å². The molecule has 0 aromatic heterocycles. The van der Waals surface area contributed by atoms with Crippen molar-refractivity contribution in [2.24, 2.45) is 0 Å². The molecule has 0 fully saturated rings. The number of benzene rings is 2. The van der Waals surface area contributed by atoms with Gasteiger partial charge < -0.3 is 10.5 Å². The van der Waals surface area contributed by atoms with Crippen molar-refractivity contribution in [3.8, 4) is 5.75 Å². The normalized spacial score (nSPS) is 10.6. The smallest absolute Gasteiger partial charge is 0.119 e. The lowest BCUT2D eigenvalue weighted by Crippen LogP contribution is -1.99. The zero-order valence-electron chi connectivity index (χ0n) is 12.4. The van der Waals surface area contributed by atoms with Crippen LogP contribution in [0, 0.1) is 13.8 Å². The highest BCUT2D eigenvalue weighted by atomic mass is 35.5. The molecule has 0 amide bonds. The Bertz CT molecular complexity index is 616.